The molecule has 0 radical (unpaired) electrons. The topological polar surface area (TPSA) is 32.3 Å². The normalized spacial score (nSPS) is 22.5. The van der Waals surface area contributed by atoms with E-state index < -0.39 is 5.41 Å². The van der Waals surface area contributed by atoms with Gasteiger partial charge in [0.2, 0.25) is 5.91 Å². The number of hydrogen-bond donors (Lipinski definition) is 1. The van der Waals surface area contributed by atoms with Crippen LogP contribution in [0.5, 0.6) is 0 Å². The van der Waals surface area contributed by atoms with Gasteiger partial charge in [-0.25, -0.2) is 4.39 Å². The fourth-order valence-corrected chi connectivity index (χ4v) is 2.68. The van der Waals surface area contributed by atoms with Gasteiger partial charge in [-0.15, -0.1) is 0 Å². The molecule has 0 aromatic heterocycles. The molecule has 1 amide bonds. The van der Waals surface area contributed by atoms with E-state index >= 15 is 0 Å². The molecule has 0 aliphatic carbocycles. The molecule has 0 bridgehead atoms. The van der Waals surface area contributed by atoms with Gasteiger partial charge in [-0.05, 0) is 32.0 Å². The third-order valence-electron chi connectivity index (χ3n) is 3.69. The summed E-state index contributed by atoms with van der Waals surface area (Å²) in [6, 6.07) is 4.56. The summed E-state index contributed by atoms with van der Waals surface area (Å²) in [6.45, 7) is 3.65. The Morgan fingerprint density at radius 1 is 1.58 bits per heavy atom. The molecule has 1 N–H and O–H groups in total. The summed E-state index contributed by atoms with van der Waals surface area (Å²) < 4.78 is 13.7. The van der Waals surface area contributed by atoms with E-state index in [0.29, 0.717) is 17.1 Å². The third kappa shape index (κ3) is 2.90. The first-order chi connectivity index (χ1) is 8.94. The van der Waals surface area contributed by atoms with Crippen LogP contribution in [0.3, 0.4) is 0 Å². The summed E-state index contributed by atoms with van der Waals surface area (Å²) in [5, 5.41) is 3.54. The minimum Gasteiger partial charge on any atom is -0.341 e. The zero-order valence-electron chi connectivity index (χ0n) is 11.2. The van der Waals surface area contributed by atoms with Crippen molar-refractivity contribution >= 4 is 17.5 Å². The first-order valence-corrected chi connectivity index (χ1v) is 6.71. The average molecular weight is 285 g/mol. The number of carbonyl (C=O) groups is 1. The van der Waals surface area contributed by atoms with E-state index in [0.717, 1.165) is 13.0 Å². The molecule has 1 fully saturated rings. The molecule has 104 valence electrons. The van der Waals surface area contributed by atoms with Crippen LogP contribution in [0.1, 0.15) is 18.9 Å². The first-order valence-electron chi connectivity index (χ1n) is 6.33. The smallest absolute Gasteiger partial charge is 0.229 e. The van der Waals surface area contributed by atoms with Crippen molar-refractivity contribution in [2.24, 2.45) is 5.41 Å². The minimum atomic E-state index is -0.396. The van der Waals surface area contributed by atoms with Crippen LogP contribution in [0.15, 0.2) is 18.2 Å². The number of nitrogens with one attached hydrogen (secondary N) is 1. The highest BCUT2D eigenvalue weighted by Gasteiger charge is 2.38. The standard InChI is InChI=1S/C14H18ClFN2O/c1-14(6-7-17-9-14)13(19)18(2)8-10-11(15)4-3-5-12(10)16/h3-5,17H,6-9H2,1-2H3/t14-/m0/s1. The summed E-state index contributed by atoms with van der Waals surface area (Å²) in [6.07, 6.45) is 0.807. The predicted molar refractivity (Wildman–Crippen MR) is 73.5 cm³/mol. The van der Waals surface area contributed by atoms with Gasteiger partial charge in [-0.2, -0.15) is 0 Å². The maximum absolute atomic E-state index is 13.7. The monoisotopic (exact) mass is 284 g/mol. The second kappa shape index (κ2) is 5.47. The molecule has 2 rings (SSSR count). The van der Waals surface area contributed by atoms with E-state index in [-0.39, 0.29) is 18.3 Å². The number of halogens is 2. The number of rotatable bonds is 3. The molecular weight excluding hydrogens is 267 g/mol. The van der Waals surface area contributed by atoms with Crippen LogP contribution in [-0.2, 0) is 11.3 Å². The number of hydrogen-bond acceptors (Lipinski definition) is 2. The highest BCUT2D eigenvalue weighted by molar-refractivity contribution is 6.31. The van der Waals surface area contributed by atoms with Crippen molar-refractivity contribution in [2.45, 2.75) is 19.9 Å². The van der Waals surface area contributed by atoms with Crippen molar-refractivity contribution in [1.82, 2.24) is 10.2 Å². The molecule has 1 atom stereocenters. The molecule has 1 heterocycles. The molecule has 0 spiro atoms. The molecular formula is C14H18ClFN2O. The quantitative estimate of drug-likeness (QED) is 0.925. The van der Waals surface area contributed by atoms with Crippen LogP contribution in [0, 0.1) is 11.2 Å². The van der Waals surface area contributed by atoms with Gasteiger partial charge in [0, 0.05) is 30.7 Å². The summed E-state index contributed by atoms with van der Waals surface area (Å²) >= 11 is 5.98. The second-order valence-corrected chi connectivity index (χ2v) is 5.76. The van der Waals surface area contributed by atoms with Crippen molar-refractivity contribution in [1.29, 1.82) is 0 Å². The van der Waals surface area contributed by atoms with E-state index in [4.69, 9.17) is 11.6 Å². The van der Waals surface area contributed by atoms with Gasteiger partial charge >= 0.3 is 0 Å². The van der Waals surface area contributed by atoms with Gasteiger partial charge in [-0.1, -0.05) is 17.7 Å². The Kier molecular flexibility index (Phi) is 4.11. The minimum absolute atomic E-state index is 0.0248. The lowest BCUT2D eigenvalue weighted by Crippen LogP contribution is -2.41. The number of benzene rings is 1. The molecule has 0 unspecified atom stereocenters. The summed E-state index contributed by atoms with van der Waals surface area (Å²) in [7, 11) is 1.69. The predicted octanol–water partition coefficient (Wildman–Crippen LogP) is 2.44. The maximum atomic E-state index is 13.7. The lowest BCUT2D eigenvalue weighted by Gasteiger charge is -2.28. The lowest BCUT2D eigenvalue weighted by atomic mass is 9.88. The Labute approximate surface area is 117 Å². The van der Waals surface area contributed by atoms with E-state index in [1.54, 1.807) is 24.1 Å². The fourth-order valence-electron chi connectivity index (χ4n) is 2.45. The summed E-state index contributed by atoms with van der Waals surface area (Å²) in [4.78, 5) is 14.0. The van der Waals surface area contributed by atoms with Crippen molar-refractivity contribution in [2.75, 3.05) is 20.1 Å². The first kappa shape index (κ1) is 14.3. The van der Waals surface area contributed by atoms with Gasteiger partial charge in [0.15, 0.2) is 0 Å². The largest absolute Gasteiger partial charge is 0.341 e. The average Bonchev–Trinajstić information content (AvgIpc) is 2.81. The van der Waals surface area contributed by atoms with Crippen LogP contribution in [-0.4, -0.2) is 30.9 Å². The van der Waals surface area contributed by atoms with Crippen molar-refractivity contribution in [3.63, 3.8) is 0 Å². The number of nitrogens with zero attached hydrogens (tertiary/aromatic N) is 1. The van der Waals surface area contributed by atoms with Gasteiger partial charge in [0.1, 0.15) is 5.82 Å². The van der Waals surface area contributed by atoms with E-state index in [1.807, 2.05) is 6.92 Å². The van der Waals surface area contributed by atoms with E-state index in [1.165, 1.54) is 6.07 Å². The fraction of sp³-hybridized carbons (Fsp3) is 0.500. The van der Waals surface area contributed by atoms with E-state index in [2.05, 4.69) is 5.32 Å². The van der Waals surface area contributed by atoms with Gasteiger partial charge in [0.25, 0.3) is 0 Å². The zero-order valence-corrected chi connectivity index (χ0v) is 11.9. The number of carbonyl (C=O) groups excluding carboxylic acids is 1. The highest BCUT2D eigenvalue weighted by Crippen LogP contribution is 2.28. The van der Waals surface area contributed by atoms with Crippen LogP contribution >= 0.6 is 11.6 Å². The van der Waals surface area contributed by atoms with Crippen LogP contribution < -0.4 is 5.32 Å². The highest BCUT2D eigenvalue weighted by atomic mass is 35.5. The van der Waals surface area contributed by atoms with Crippen LogP contribution in [0.25, 0.3) is 0 Å². The van der Waals surface area contributed by atoms with E-state index in [9.17, 15) is 9.18 Å². The van der Waals surface area contributed by atoms with Gasteiger partial charge in [-0.3, -0.25) is 4.79 Å². The summed E-state index contributed by atoms with van der Waals surface area (Å²) in [5.41, 5.74) is -0.0264. The Hall–Kier alpha value is -1.13. The summed E-state index contributed by atoms with van der Waals surface area (Å²) in [5.74, 6) is -0.348. The second-order valence-electron chi connectivity index (χ2n) is 5.35. The molecule has 0 saturated carbocycles. The molecule has 1 aromatic rings. The molecule has 5 heteroatoms. The zero-order chi connectivity index (χ0) is 14.0. The Morgan fingerprint density at radius 3 is 2.89 bits per heavy atom. The molecule has 1 aliphatic heterocycles. The Morgan fingerprint density at radius 2 is 2.32 bits per heavy atom. The maximum Gasteiger partial charge on any atom is 0.229 e. The van der Waals surface area contributed by atoms with Crippen molar-refractivity contribution in [3.05, 3.63) is 34.6 Å². The van der Waals surface area contributed by atoms with Crippen LogP contribution in [0.4, 0.5) is 4.39 Å². The Bertz CT molecular complexity index is 466. The van der Waals surface area contributed by atoms with Crippen molar-refractivity contribution < 1.29 is 9.18 Å². The molecule has 1 aliphatic rings. The SMILES string of the molecule is CN(Cc1c(F)cccc1Cl)C(=O)[C@@]1(C)CCNC1. The molecule has 3 nitrogen and oxygen atoms in total. The van der Waals surface area contributed by atoms with Gasteiger partial charge in [0.05, 0.1) is 5.41 Å². The molecule has 1 aromatic carbocycles. The van der Waals surface area contributed by atoms with Crippen LogP contribution in [0.2, 0.25) is 5.02 Å². The third-order valence-corrected chi connectivity index (χ3v) is 4.04. The van der Waals surface area contributed by atoms with Gasteiger partial charge < -0.3 is 10.2 Å². The molecule has 19 heavy (non-hydrogen) atoms. The number of amides is 1. The molecule has 1 saturated heterocycles. The Balaban J connectivity index is 2.13. The lowest BCUT2D eigenvalue weighted by molar-refractivity contribution is -0.139. The van der Waals surface area contributed by atoms with Crippen molar-refractivity contribution in [3.8, 4) is 0 Å².